The lowest BCUT2D eigenvalue weighted by atomic mass is 9.73. The predicted molar refractivity (Wildman–Crippen MR) is 231 cm³/mol. The lowest BCUT2D eigenvalue weighted by Gasteiger charge is -2.30. The molecule has 0 fully saturated rings. The van der Waals surface area contributed by atoms with Crippen molar-refractivity contribution in [1.82, 2.24) is 0 Å². The highest BCUT2D eigenvalue weighted by Crippen LogP contribution is 2.55. The molecular formula is C53H42O. The second-order valence-corrected chi connectivity index (χ2v) is 14.7. The molecule has 0 aromatic heterocycles. The predicted octanol–water partition coefficient (Wildman–Crippen LogP) is 14.8. The van der Waals surface area contributed by atoms with Crippen LogP contribution < -0.4 is 4.74 Å². The zero-order chi connectivity index (χ0) is 36.4. The largest absolute Gasteiger partial charge is 0.494 e. The normalized spacial score (nSPS) is 13.1. The summed E-state index contributed by atoms with van der Waals surface area (Å²) in [5, 5.41) is 10.1. The van der Waals surface area contributed by atoms with Gasteiger partial charge in [-0.2, -0.15) is 0 Å². The lowest BCUT2D eigenvalue weighted by Crippen LogP contribution is -2.23. The molecule has 9 aromatic rings. The van der Waals surface area contributed by atoms with Gasteiger partial charge in [-0.1, -0.05) is 159 Å². The Labute approximate surface area is 317 Å². The summed E-state index contributed by atoms with van der Waals surface area (Å²) in [5.74, 6) is 0.896. The van der Waals surface area contributed by atoms with Crippen molar-refractivity contribution in [2.24, 2.45) is 0 Å². The fraction of sp³-hybridized carbons (Fsp3) is 0.132. The van der Waals surface area contributed by atoms with E-state index in [2.05, 4.69) is 178 Å². The topological polar surface area (TPSA) is 9.23 Å². The summed E-state index contributed by atoms with van der Waals surface area (Å²) in [7, 11) is 0. The van der Waals surface area contributed by atoms with Gasteiger partial charge in [0.15, 0.2) is 0 Å². The molecule has 1 heteroatoms. The van der Waals surface area contributed by atoms with Gasteiger partial charge in [-0.25, -0.2) is 0 Å². The third-order valence-electron chi connectivity index (χ3n) is 12.3. The van der Waals surface area contributed by atoms with E-state index < -0.39 is 0 Å². The van der Waals surface area contributed by atoms with E-state index in [4.69, 9.17) is 4.74 Å². The quantitative estimate of drug-likeness (QED) is 0.151. The summed E-state index contributed by atoms with van der Waals surface area (Å²) in [4.78, 5) is 0. The molecule has 0 radical (unpaired) electrons. The first kappa shape index (κ1) is 32.5. The van der Waals surface area contributed by atoms with Crippen molar-refractivity contribution in [3.63, 3.8) is 0 Å². The standard InChI is InChI=1S/C53H42O/c1-4-53(5-2)47-26-16-15-17-37(47)38-32-29-35(33-48(38)53)50-41-20-9-13-24-45(41)52(46-25-14-10-21-42(46)50)51-43-22-11-7-18-39(43)49(40-19-8-12-23-44(40)51)34-27-30-36(31-28-34)54-6-3/h7-33H,4-6H2,1-3H3. The molecule has 1 nitrogen and oxygen atoms in total. The second kappa shape index (κ2) is 12.7. The van der Waals surface area contributed by atoms with Crippen LogP contribution in [0.1, 0.15) is 44.7 Å². The Morgan fingerprint density at radius 1 is 0.370 bits per heavy atom. The van der Waals surface area contributed by atoms with E-state index in [1.54, 1.807) is 0 Å². The Morgan fingerprint density at radius 2 is 0.759 bits per heavy atom. The molecule has 10 rings (SSSR count). The molecule has 0 unspecified atom stereocenters. The van der Waals surface area contributed by atoms with Crippen molar-refractivity contribution in [2.75, 3.05) is 6.61 Å². The van der Waals surface area contributed by atoms with Crippen LogP contribution >= 0.6 is 0 Å². The number of hydrogen-bond acceptors (Lipinski definition) is 1. The monoisotopic (exact) mass is 694 g/mol. The minimum Gasteiger partial charge on any atom is -0.494 e. The van der Waals surface area contributed by atoms with Crippen LogP contribution in [0.15, 0.2) is 164 Å². The SMILES string of the molecule is CCOc1ccc(-c2c3ccccc3c(-c3c4ccccc4c(-c4ccc5c(c4)C(CC)(CC)c4ccccc4-5)c4ccccc34)c3ccccc23)cc1. The van der Waals surface area contributed by atoms with Crippen molar-refractivity contribution in [2.45, 2.75) is 39.0 Å². The zero-order valence-electron chi connectivity index (χ0n) is 31.1. The van der Waals surface area contributed by atoms with E-state index in [1.807, 2.05) is 6.92 Å². The number of ether oxygens (including phenoxy) is 1. The van der Waals surface area contributed by atoms with Crippen molar-refractivity contribution in [3.05, 3.63) is 175 Å². The van der Waals surface area contributed by atoms with E-state index in [1.165, 1.54) is 98.7 Å². The number of rotatable bonds is 7. The number of hydrogen-bond donors (Lipinski definition) is 0. The molecule has 0 atom stereocenters. The van der Waals surface area contributed by atoms with Gasteiger partial charge in [0.1, 0.15) is 5.75 Å². The molecule has 9 aromatic carbocycles. The highest BCUT2D eigenvalue weighted by molar-refractivity contribution is 6.30. The maximum absolute atomic E-state index is 5.83. The van der Waals surface area contributed by atoms with Crippen molar-refractivity contribution in [3.8, 4) is 50.3 Å². The molecule has 0 heterocycles. The van der Waals surface area contributed by atoms with Gasteiger partial charge in [-0.15, -0.1) is 0 Å². The van der Waals surface area contributed by atoms with E-state index >= 15 is 0 Å². The van der Waals surface area contributed by atoms with Crippen LogP contribution in [0, 0.1) is 0 Å². The molecule has 0 spiro atoms. The van der Waals surface area contributed by atoms with Crippen molar-refractivity contribution in [1.29, 1.82) is 0 Å². The third-order valence-corrected chi connectivity index (χ3v) is 12.3. The van der Waals surface area contributed by atoms with Crippen LogP contribution in [0.2, 0.25) is 0 Å². The van der Waals surface area contributed by atoms with Crippen molar-refractivity contribution >= 4 is 43.1 Å². The number of benzene rings is 9. The summed E-state index contributed by atoms with van der Waals surface area (Å²) in [5.41, 5.74) is 13.3. The first-order valence-electron chi connectivity index (χ1n) is 19.5. The van der Waals surface area contributed by atoms with Gasteiger partial charge >= 0.3 is 0 Å². The van der Waals surface area contributed by atoms with Crippen LogP contribution in [-0.2, 0) is 5.41 Å². The first-order valence-corrected chi connectivity index (χ1v) is 19.5. The van der Waals surface area contributed by atoms with Crippen molar-refractivity contribution < 1.29 is 4.74 Å². The summed E-state index contributed by atoms with van der Waals surface area (Å²) < 4.78 is 5.83. The maximum atomic E-state index is 5.83. The zero-order valence-corrected chi connectivity index (χ0v) is 31.1. The Hall–Kier alpha value is -6.18. The second-order valence-electron chi connectivity index (χ2n) is 14.7. The molecule has 0 saturated carbocycles. The van der Waals surface area contributed by atoms with Gasteiger partial charge in [0.2, 0.25) is 0 Å². The van der Waals surface area contributed by atoms with Crippen LogP contribution in [0.25, 0.3) is 87.6 Å². The minimum absolute atomic E-state index is 0.0103. The Kier molecular flexibility index (Phi) is 7.66. The van der Waals surface area contributed by atoms with Crippen LogP contribution in [0.5, 0.6) is 5.75 Å². The van der Waals surface area contributed by atoms with E-state index in [0.29, 0.717) is 6.61 Å². The third kappa shape index (κ3) is 4.64. The van der Waals surface area contributed by atoms with Crippen LogP contribution in [0.3, 0.4) is 0 Å². The molecular weight excluding hydrogens is 653 g/mol. The van der Waals surface area contributed by atoms with Gasteiger partial charge in [0, 0.05) is 5.41 Å². The molecule has 1 aliphatic carbocycles. The minimum atomic E-state index is 0.0103. The van der Waals surface area contributed by atoms with Gasteiger partial charge in [0.05, 0.1) is 6.61 Å². The molecule has 1 aliphatic rings. The van der Waals surface area contributed by atoms with Gasteiger partial charge in [-0.3, -0.25) is 0 Å². The summed E-state index contributed by atoms with van der Waals surface area (Å²) in [6.07, 6.45) is 2.15. The van der Waals surface area contributed by atoms with E-state index in [9.17, 15) is 0 Å². The average molecular weight is 695 g/mol. The number of fused-ring (bicyclic) bond motifs is 7. The average Bonchev–Trinajstić information content (AvgIpc) is 3.51. The molecule has 0 N–H and O–H groups in total. The lowest BCUT2D eigenvalue weighted by molar-refractivity contribution is 0.340. The molecule has 0 amide bonds. The Bertz CT molecular complexity index is 2790. The fourth-order valence-corrected chi connectivity index (χ4v) is 9.92. The fourth-order valence-electron chi connectivity index (χ4n) is 9.92. The molecule has 54 heavy (non-hydrogen) atoms. The van der Waals surface area contributed by atoms with E-state index in [0.717, 1.165) is 18.6 Å². The molecule has 260 valence electrons. The van der Waals surface area contributed by atoms with Gasteiger partial charge in [0.25, 0.3) is 0 Å². The Morgan fingerprint density at radius 3 is 1.22 bits per heavy atom. The molecule has 0 bridgehead atoms. The highest BCUT2D eigenvalue weighted by atomic mass is 16.5. The summed E-state index contributed by atoms with van der Waals surface area (Å²) in [6, 6.07) is 61.2. The molecule has 0 saturated heterocycles. The van der Waals surface area contributed by atoms with Gasteiger partial charge in [-0.05, 0) is 137 Å². The van der Waals surface area contributed by atoms with Crippen LogP contribution in [-0.4, -0.2) is 6.61 Å². The first-order chi connectivity index (χ1) is 26.7. The smallest absolute Gasteiger partial charge is 0.119 e. The van der Waals surface area contributed by atoms with E-state index in [-0.39, 0.29) is 5.41 Å². The maximum Gasteiger partial charge on any atom is 0.119 e. The summed E-state index contributed by atoms with van der Waals surface area (Å²) >= 11 is 0. The molecule has 0 aliphatic heterocycles. The van der Waals surface area contributed by atoms with Gasteiger partial charge < -0.3 is 4.74 Å². The highest BCUT2D eigenvalue weighted by Gasteiger charge is 2.40. The van der Waals surface area contributed by atoms with Crippen LogP contribution in [0.4, 0.5) is 0 Å². The Balaban J connectivity index is 1.29. The summed E-state index contributed by atoms with van der Waals surface area (Å²) in [6.45, 7) is 7.40.